The molecular weight excluding hydrogens is 468 g/mol. The quantitative estimate of drug-likeness (QED) is 0.262. The topological polar surface area (TPSA) is 150 Å². The fourth-order valence-electron chi connectivity index (χ4n) is 4.14. The minimum absolute atomic E-state index is 0.0810. The summed E-state index contributed by atoms with van der Waals surface area (Å²) in [7, 11) is 1.62. The summed E-state index contributed by atoms with van der Waals surface area (Å²) in [6.07, 6.45) is 3.13. The number of aliphatic imine (C=N–C) groups is 1. The van der Waals surface area contributed by atoms with Crippen molar-refractivity contribution >= 4 is 34.3 Å². The number of nitrogen functional groups attached to an aromatic ring is 1. The highest BCUT2D eigenvalue weighted by molar-refractivity contribution is 6.32. The SMILES string of the molecule is COc1c(C(C)n2nc(C)c3c(N)ncnc32)cc(Cl)c(C)c1-c1ccc(C(N)=NCCO)nc1. The summed E-state index contributed by atoms with van der Waals surface area (Å²) in [4.78, 5) is 17.1. The van der Waals surface area contributed by atoms with Crippen molar-refractivity contribution in [3.05, 3.63) is 58.3 Å². The molecule has 0 aliphatic carbocycles. The zero-order valence-corrected chi connectivity index (χ0v) is 20.7. The number of fused-ring (bicyclic) bond motifs is 1. The Morgan fingerprint density at radius 1 is 1.26 bits per heavy atom. The lowest BCUT2D eigenvalue weighted by Gasteiger charge is -2.22. The zero-order chi connectivity index (χ0) is 25.3. The summed E-state index contributed by atoms with van der Waals surface area (Å²) in [5.74, 6) is 1.30. The Morgan fingerprint density at radius 2 is 2.03 bits per heavy atom. The fourth-order valence-corrected chi connectivity index (χ4v) is 4.35. The molecule has 0 aliphatic rings. The molecule has 0 amide bonds. The van der Waals surface area contributed by atoms with Crippen molar-refractivity contribution in [1.82, 2.24) is 24.7 Å². The van der Waals surface area contributed by atoms with Gasteiger partial charge in [-0.2, -0.15) is 5.10 Å². The third-order valence-corrected chi connectivity index (χ3v) is 6.31. The van der Waals surface area contributed by atoms with Crippen LogP contribution in [-0.4, -0.2) is 55.9 Å². The maximum absolute atomic E-state index is 8.97. The lowest BCUT2D eigenvalue weighted by molar-refractivity contribution is 0.307. The summed E-state index contributed by atoms with van der Waals surface area (Å²) >= 11 is 6.70. The first kappa shape index (κ1) is 24.4. The van der Waals surface area contributed by atoms with Crippen LogP contribution in [0, 0.1) is 13.8 Å². The number of nitrogens with zero attached hydrogens (tertiary/aromatic N) is 6. The lowest BCUT2D eigenvalue weighted by atomic mass is 9.94. The van der Waals surface area contributed by atoms with Crippen molar-refractivity contribution in [2.75, 3.05) is 26.0 Å². The smallest absolute Gasteiger partial charge is 0.164 e. The average Bonchev–Trinajstić information content (AvgIpc) is 3.21. The van der Waals surface area contributed by atoms with Crippen LogP contribution in [0.1, 0.15) is 35.5 Å². The van der Waals surface area contributed by atoms with Gasteiger partial charge in [-0.1, -0.05) is 17.7 Å². The largest absolute Gasteiger partial charge is 0.496 e. The summed E-state index contributed by atoms with van der Waals surface area (Å²) in [5.41, 5.74) is 17.2. The van der Waals surface area contributed by atoms with Gasteiger partial charge < -0.3 is 21.3 Å². The van der Waals surface area contributed by atoms with Gasteiger partial charge in [0.1, 0.15) is 29.4 Å². The van der Waals surface area contributed by atoms with E-state index in [0.29, 0.717) is 27.9 Å². The van der Waals surface area contributed by atoms with Gasteiger partial charge >= 0.3 is 0 Å². The second kappa shape index (κ2) is 9.85. The van der Waals surface area contributed by atoms with Gasteiger partial charge in [0, 0.05) is 27.9 Å². The molecule has 4 rings (SSSR count). The molecule has 0 aliphatic heterocycles. The number of methoxy groups -OCH3 is 1. The highest BCUT2D eigenvalue weighted by Crippen LogP contribution is 2.43. The normalized spacial score (nSPS) is 12.8. The molecule has 1 unspecified atom stereocenters. The Kier molecular flexibility index (Phi) is 6.86. The van der Waals surface area contributed by atoms with Crippen LogP contribution < -0.4 is 16.2 Å². The standard InChI is InChI=1S/C24H27ClN8O2/c1-12-17(25)9-16(14(3)33-24-20(13(2)32-33)23(27)30-11-31-24)21(35-4)19(12)15-5-6-18(29-10-15)22(26)28-7-8-34/h5-6,9-11,14,34H,7-8H2,1-4H3,(H2,26,28)(H2,27,30,31). The number of hydrogen-bond acceptors (Lipinski definition) is 8. The zero-order valence-electron chi connectivity index (χ0n) is 19.9. The Morgan fingerprint density at radius 3 is 2.69 bits per heavy atom. The number of nitrogens with two attached hydrogens (primary N) is 2. The van der Waals surface area contributed by atoms with Crippen LogP contribution in [0.4, 0.5) is 5.82 Å². The molecule has 0 radical (unpaired) electrons. The van der Waals surface area contributed by atoms with Crippen LogP contribution in [0.15, 0.2) is 35.7 Å². The predicted molar refractivity (Wildman–Crippen MR) is 137 cm³/mol. The van der Waals surface area contributed by atoms with Crippen LogP contribution in [-0.2, 0) is 0 Å². The van der Waals surface area contributed by atoms with Crippen LogP contribution >= 0.6 is 11.6 Å². The van der Waals surface area contributed by atoms with E-state index in [2.05, 4.69) is 19.9 Å². The number of pyridine rings is 1. The third-order valence-electron chi connectivity index (χ3n) is 5.92. The summed E-state index contributed by atoms with van der Waals surface area (Å²) in [6, 6.07) is 5.28. The minimum Gasteiger partial charge on any atom is -0.496 e. The molecule has 0 fully saturated rings. The molecule has 1 atom stereocenters. The molecule has 1 aromatic carbocycles. The van der Waals surface area contributed by atoms with Crippen LogP contribution in [0.2, 0.25) is 5.02 Å². The number of rotatable bonds is 7. The number of benzene rings is 1. The van der Waals surface area contributed by atoms with Crippen molar-refractivity contribution in [2.24, 2.45) is 10.7 Å². The van der Waals surface area contributed by atoms with E-state index >= 15 is 0 Å². The van der Waals surface area contributed by atoms with Crippen molar-refractivity contribution in [1.29, 1.82) is 0 Å². The summed E-state index contributed by atoms with van der Waals surface area (Å²) in [6.45, 7) is 5.94. The van der Waals surface area contributed by atoms with Gasteiger partial charge in [-0.15, -0.1) is 0 Å². The van der Waals surface area contributed by atoms with E-state index in [9.17, 15) is 0 Å². The van der Waals surface area contributed by atoms with Gasteiger partial charge in [0.25, 0.3) is 0 Å². The van der Waals surface area contributed by atoms with E-state index in [1.807, 2.05) is 32.9 Å². The van der Waals surface area contributed by atoms with Crippen LogP contribution in [0.3, 0.4) is 0 Å². The number of amidine groups is 1. The fraction of sp³-hybridized carbons (Fsp3) is 0.292. The molecule has 0 spiro atoms. The number of ether oxygens (including phenoxy) is 1. The first-order chi connectivity index (χ1) is 16.8. The monoisotopic (exact) mass is 494 g/mol. The molecule has 5 N–H and O–H groups in total. The summed E-state index contributed by atoms with van der Waals surface area (Å²) < 4.78 is 7.72. The minimum atomic E-state index is -0.277. The number of aliphatic hydroxyl groups is 1. The van der Waals surface area contributed by atoms with E-state index in [1.54, 1.807) is 24.1 Å². The third kappa shape index (κ3) is 4.38. The number of aryl methyl sites for hydroxylation is 1. The number of anilines is 1. The predicted octanol–water partition coefficient (Wildman–Crippen LogP) is 3.06. The Bertz CT molecular complexity index is 1420. The van der Waals surface area contributed by atoms with Crippen molar-refractivity contribution in [3.63, 3.8) is 0 Å². The number of aliphatic hydroxyl groups excluding tert-OH is 1. The molecule has 4 aromatic rings. The number of hydrogen-bond donors (Lipinski definition) is 3. The van der Waals surface area contributed by atoms with Gasteiger partial charge in [0.05, 0.1) is 37.4 Å². The van der Waals surface area contributed by atoms with Crippen molar-refractivity contribution in [2.45, 2.75) is 26.8 Å². The molecule has 10 nitrogen and oxygen atoms in total. The first-order valence-corrected chi connectivity index (χ1v) is 11.4. The second-order valence-electron chi connectivity index (χ2n) is 8.07. The number of halogens is 1. The molecule has 0 bridgehead atoms. The number of aromatic nitrogens is 5. The van der Waals surface area contributed by atoms with Gasteiger partial charge in [0.15, 0.2) is 5.65 Å². The van der Waals surface area contributed by atoms with E-state index in [0.717, 1.165) is 33.3 Å². The van der Waals surface area contributed by atoms with Crippen LogP contribution in [0.25, 0.3) is 22.2 Å². The molecule has 3 aromatic heterocycles. The van der Waals surface area contributed by atoms with E-state index < -0.39 is 0 Å². The van der Waals surface area contributed by atoms with E-state index in [1.165, 1.54) is 6.33 Å². The highest BCUT2D eigenvalue weighted by atomic mass is 35.5. The molecule has 0 saturated carbocycles. The van der Waals surface area contributed by atoms with E-state index in [4.69, 9.17) is 38.0 Å². The van der Waals surface area contributed by atoms with E-state index in [-0.39, 0.29) is 25.0 Å². The van der Waals surface area contributed by atoms with Gasteiger partial charge in [0.2, 0.25) is 0 Å². The first-order valence-electron chi connectivity index (χ1n) is 11.0. The van der Waals surface area contributed by atoms with Crippen molar-refractivity contribution < 1.29 is 9.84 Å². The molecule has 3 heterocycles. The maximum atomic E-state index is 8.97. The summed E-state index contributed by atoms with van der Waals surface area (Å²) in [5, 5.41) is 15.0. The molecule has 0 saturated heterocycles. The molecule has 35 heavy (non-hydrogen) atoms. The molecule has 11 heteroatoms. The average molecular weight is 495 g/mol. The van der Waals surface area contributed by atoms with Gasteiger partial charge in [-0.3, -0.25) is 9.98 Å². The lowest BCUT2D eigenvalue weighted by Crippen LogP contribution is -2.16. The van der Waals surface area contributed by atoms with Gasteiger partial charge in [-0.25, -0.2) is 14.6 Å². The maximum Gasteiger partial charge on any atom is 0.164 e. The highest BCUT2D eigenvalue weighted by Gasteiger charge is 2.25. The molecular formula is C24H27ClN8O2. The second-order valence-corrected chi connectivity index (χ2v) is 8.47. The Labute approximate surface area is 207 Å². The molecule has 182 valence electrons. The van der Waals surface area contributed by atoms with Crippen LogP contribution in [0.5, 0.6) is 5.75 Å². The van der Waals surface area contributed by atoms with Crippen molar-refractivity contribution in [3.8, 4) is 16.9 Å². The van der Waals surface area contributed by atoms with Gasteiger partial charge in [-0.05, 0) is 38.5 Å². The Hall–Kier alpha value is -3.76. The Balaban J connectivity index is 1.85.